The number of methoxy groups -OCH3 is 1. The molecule has 0 atom stereocenters. The van der Waals surface area contributed by atoms with E-state index in [4.69, 9.17) is 4.74 Å². The molecule has 2 rings (SSSR count). The molecule has 0 saturated heterocycles. The molecule has 0 bridgehead atoms. The Bertz CT molecular complexity index is 732. The zero-order chi connectivity index (χ0) is 14.8. The van der Waals surface area contributed by atoms with Crippen LogP contribution in [0.4, 0.5) is 14.5 Å². The quantitative estimate of drug-likeness (QED) is 0.944. The third-order valence-electron chi connectivity index (χ3n) is 2.53. The lowest BCUT2D eigenvalue weighted by Gasteiger charge is -2.12. The van der Waals surface area contributed by atoms with Crippen LogP contribution < -0.4 is 9.46 Å². The van der Waals surface area contributed by atoms with Gasteiger partial charge in [-0.25, -0.2) is 17.2 Å². The summed E-state index contributed by atoms with van der Waals surface area (Å²) in [5, 5.41) is 0. The Kier molecular flexibility index (Phi) is 3.89. The molecular formula is C13H11F2NO3S. The standard InChI is InChI=1S/C13H11F2NO3S/c1-19-12-5-3-2-4-11(12)16-20(17,18)13-8-9(14)6-7-10(13)15/h2-8,16H,1H3. The molecule has 0 amide bonds. The number of halogens is 2. The molecule has 0 spiro atoms. The Morgan fingerprint density at radius 1 is 1.10 bits per heavy atom. The Hall–Kier alpha value is -2.15. The van der Waals surface area contributed by atoms with Gasteiger partial charge in [0.25, 0.3) is 10.0 Å². The van der Waals surface area contributed by atoms with Crippen LogP contribution in [0.5, 0.6) is 5.75 Å². The molecule has 0 radical (unpaired) electrons. The van der Waals surface area contributed by atoms with Gasteiger partial charge in [0.05, 0.1) is 12.8 Å². The van der Waals surface area contributed by atoms with Gasteiger partial charge in [0.2, 0.25) is 0 Å². The maximum atomic E-state index is 13.5. The van der Waals surface area contributed by atoms with Gasteiger partial charge in [-0.15, -0.1) is 0 Å². The first-order chi connectivity index (χ1) is 9.44. The molecule has 0 aliphatic rings. The average Bonchev–Trinajstić information content (AvgIpc) is 2.41. The summed E-state index contributed by atoms with van der Waals surface area (Å²) < 4.78 is 57.9. The van der Waals surface area contributed by atoms with Crippen molar-refractivity contribution < 1.29 is 21.9 Å². The summed E-state index contributed by atoms with van der Waals surface area (Å²) in [4.78, 5) is -0.761. The highest BCUT2D eigenvalue weighted by Gasteiger charge is 2.21. The van der Waals surface area contributed by atoms with E-state index in [0.29, 0.717) is 6.07 Å². The predicted octanol–water partition coefficient (Wildman–Crippen LogP) is 2.77. The van der Waals surface area contributed by atoms with E-state index in [9.17, 15) is 17.2 Å². The molecule has 1 N–H and O–H groups in total. The van der Waals surface area contributed by atoms with Crippen molar-refractivity contribution in [3.63, 3.8) is 0 Å². The van der Waals surface area contributed by atoms with Crippen molar-refractivity contribution in [3.05, 3.63) is 54.1 Å². The second-order valence-electron chi connectivity index (χ2n) is 3.88. The van der Waals surface area contributed by atoms with Crippen LogP contribution in [0.25, 0.3) is 0 Å². The van der Waals surface area contributed by atoms with Crippen LogP contribution in [0, 0.1) is 11.6 Å². The molecule has 0 fully saturated rings. The molecule has 2 aromatic carbocycles. The SMILES string of the molecule is COc1ccccc1NS(=O)(=O)c1cc(F)ccc1F. The fourth-order valence-electron chi connectivity index (χ4n) is 1.61. The number of sulfonamides is 1. The lowest BCUT2D eigenvalue weighted by molar-refractivity contribution is 0.417. The maximum absolute atomic E-state index is 13.5. The van der Waals surface area contributed by atoms with Gasteiger partial charge in [0.1, 0.15) is 22.3 Å². The van der Waals surface area contributed by atoms with Crippen molar-refractivity contribution >= 4 is 15.7 Å². The second-order valence-corrected chi connectivity index (χ2v) is 5.53. The van der Waals surface area contributed by atoms with E-state index in [1.807, 2.05) is 0 Å². The van der Waals surface area contributed by atoms with Gasteiger partial charge in [-0.05, 0) is 30.3 Å². The van der Waals surface area contributed by atoms with Crippen LogP contribution in [-0.2, 0) is 10.0 Å². The molecule has 7 heteroatoms. The summed E-state index contributed by atoms with van der Waals surface area (Å²) in [6.07, 6.45) is 0. The smallest absolute Gasteiger partial charge is 0.265 e. The van der Waals surface area contributed by atoms with Crippen LogP contribution in [0.15, 0.2) is 47.4 Å². The Labute approximate surface area is 115 Å². The van der Waals surface area contributed by atoms with Crippen LogP contribution in [0.3, 0.4) is 0 Å². The molecule has 0 saturated carbocycles. The van der Waals surface area contributed by atoms with E-state index in [-0.39, 0.29) is 11.4 Å². The van der Waals surface area contributed by atoms with Crippen molar-refractivity contribution in [2.75, 3.05) is 11.8 Å². The summed E-state index contributed by atoms with van der Waals surface area (Å²) in [6.45, 7) is 0. The first-order valence-electron chi connectivity index (χ1n) is 5.55. The molecule has 4 nitrogen and oxygen atoms in total. The molecular weight excluding hydrogens is 288 g/mol. The van der Waals surface area contributed by atoms with Crippen molar-refractivity contribution in [1.82, 2.24) is 0 Å². The number of ether oxygens (including phenoxy) is 1. The minimum Gasteiger partial charge on any atom is -0.495 e. The Morgan fingerprint density at radius 3 is 2.50 bits per heavy atom. The number of hydrogen-bond donors (Lipinski definition) is 1. The molecule has 20 heavy (non-hydrogen) atoms. The molecule has 0 heterocycles. The van der Waals surface area contributed by atoms with Crippen molar-refractivity contribution in [1.29, 1.82) is 0 Å². The van der Waals surface area contributed by atoms with Crippen molar-refractivity contribution in [3.8, 4) is 5.75 Å². The predicted molar refractivity (Wildman–Crippen MR) is 70.2 cm³/mol. The van der Waals surface area contributed by atoms with Crippen LogP contribution in [0.2, 0.25) is 0 Å². The first kappa shape index (κ1) is 14.3. The molecule has 0 aliphatic carbocycles. The van der Waals surface area contributed by atoms with E-state index in [2.05, 4.69) is 4.72 Å². The number of para-hydroxylation sites is 2. The number of nitrogens with one attached hydrogen (secondary N) is 1. The van der Waals surface area contributed by atoms with Crippen molar-refractivity contribution in [2.45, 2.75) is 4.90 Å². The van der Waals surface area contributed by atoms with Gasteiger partial charge < -0.3 is 4.74 Å². The van der Waals surface area contributed by atoms with E-state index in [1.165, 1.54) is 13.2 Å². The lowest BCUT2D eigenvalue weighted by Crippen LogP contribution is -2.15. The second kappa shape index (κ2) is 5.46. The Balaban J connectivity index is 2.43. The van der Waals surface area contributed by atoms with Gasteiger partial charge >= 0.3 is 0 Å². The highest BCUT2D eigenvalue weighted by Crippen LogP contribution is 2.27. The molecule has 0 unspecified atom stereocenters. The number of hydrogen-bond acceptors (Lipinski definition) is 3. The van der Waals surface area contributed by atoms with Crippen LogP contribution in [0.1, 0.15) is 0 Å². The highest BCUT2D eigenvalue weighted by molar-refractivity contribution is 7.92. The van der Waals surface area contributed by atoms with E-state index in [1.54, 1.807) is 18.2 Å². The van der Waals surface area contributed by atoms with E-state index >= 15 is 0 Å². The topological polar surface area (TPSA) is 55.4 Å². The minimum atomic E-state index is -4.24. The monoisotopic (exact) mass is 299 g/mol. The fraction of sp³-hybridized carbons (Fsp3) is 0.0769. The van der Waals surface area contributed by atoms with Gasteiger partial charge in [-0.2, -0.15) is 0 Å². The average molecular weight is 299 g/mol. The van der Waals surface area contributed by atoms with Crippen molar-refractivity contribution in [2.24, 2.45) is 0 Å². The first-order valence-corrected chi connectivity index (χ1v) is 7.03. The number of benzene rings is 2. The summed E-state index contributed by atoms with van der Waals surface area (Å²) in [5.74, 6) is -1.60. The zero-order valence-corrected chi connectivity index (χ0v) is 11.2. The third kappa shape index (κ3) is 2.88. The molecule has 106 valence electrons. The van der Waals surface area contributed by atoms with Gasteiger partial charge in [0.15, 0.2) is 0 Å². The maximum Gasteiger partial charge on any atom is 0.265 e. The summed E-state index contributed by atoms with van der Waals surface area (Å²) in [7, 11) is -2.87. The van der Waals surface area contributed by atoms with E-state index in [0.717, 1.165) is 12.1 Å². The summed E-state index contributed by atoms with van der Waals surface area (Å²) >= 11 is 0. The highest BCUT2D eigenvalue weighted by atomic mass is 32.2. The number of anilines is 1. The van der Waals surface area contributed by atoms with Gasteiger partial charge in [0, 0.05) is 0 Å². The van der Waals surface area contributed by atoms with Crippen LogP contribution >= 0.6 is 0 Å². The van der Waals surface area contributed by atoms with Crippen LogP contribution in [-0.4, -0.2) is 15.5 Å². The third-order valence-corrected chi connectivity index (χ3v) is 3.91. The normalized spacial score (nSPS) is 11.2. The molecule has 0 aliphatic heterocycles. The van der Waals surface area contributed by atoms with Gasteiger partial charge in [-0.1, -0.05) is 12.1 Å². The Morgan fingerprint density at radius 2 is 1.80 bits per heavy atom. The van der Waals surface area contributed by atoms with E-state index < -0.39 is 26.6 Å². The fourth-order valence-corrected chi connectivity index (χ4v) is 2.77. The zero-order valence-electron chi connectivity index (χ0n) is 10.4. The summed E-state index contributed by atoms with van der Waals surface area (Å²) in [5.41, 5.74) is 0.138. The minimum absolute atomic E-state index is 0.138. The molecule has 0 aromatic heterocycles. The lowest BCUT2D eigenvalue weighted by atomic mass is 10.3. The van der Waals surface area contributed by atoms with Gasteiger partial charge in [-0.3, -0.25) is 4.72 Å². The number of rotatable bonds is 4. The molecule has 2 aromatic rings. The largest absolute Gasteiger partial charge is 0.495 e. The summed E-state index contributed by atoms with van der Waals surface area (Å²) in [6, 6.07) is 8.45.